The van der Waals surface area contributed by atoms with E-state index in [2.05, 4.69) is 5.32 Å². The lowest BCUT2D eigenvalue weighted by Crippen LogP contribution is -2.11. The first kappa shape index (κ1) is 12.5. The molecule has 0 aliphatic carbocycles. The molecule has 5 nitrogen and oxygen atoms in total. The zero-order valence-electron chi connectivity index (χ0n) is 9.23. The van der Waals surface area contributed by atoms with Gasteiger partial charge < -0.3 is 20.5 Å². The molecule has 1 amide bonds. The molecule has 0 aromatic heterocycles. The van der Waals surface area contributed by atoms with E-state index in [4.69, 9.17) is 15.2 Å². The molecular weight excluding hydrogens is 208 g/mol. The van der Waals surface area contributed by atoms with E-state index in [1.165, 1.54) is 6.92 Å². The second kappa shape index (κ2) is 6.81. The van der Waals surface area contributed by atoms with Gasteiger partial charge in [-0.1, -0.05) is 0 Å². The van der Waals surface area contributed by atoms with Gasteiger partial charge in [-0.05, 0) is 24.3 Å². The molecule has 0 heterocycles. The van der Waals surface area contributed by atoms with Crippen LogP contribution in [-0.2, 0) is 9.53 Å². The van der Waals surface area contributed by atoms with Gasteiger partial charge in [0.25, 0.3) is 0 Å². The van der Waals surface area contributed by atoms with Crippen LogP contribution in [0.3, 0.4) is 0 Å². The topological polar surface area (TPSA) is 73.6 Å². The minimum absolute atomic E-state index is 0.0926. The number of nitrogens with one attached hydrogen (secondary N) is 1. The third-order valence-corrected chi connectivity index (χ3v) is 1.79. The van der Waals surface area contributed by atoms with Crippen molar-refractivity contribution in [1.82, 2.24) is 0 Å². The summed E-state index contributed by atoms with van der Waals surface area (Å²) in [7, 11) is 0. The maximum absolute atomic E-state index is 10.8. The number of nitrogens with two attached hydrogens (primary N) is 1. The lowest BCUT2D eigenvalue weighted by Gasteiger charge is -2.07. The molecule has 0 unspecified atom stereocenters. The molecule has 88 valence electrons. The fraction of sp³-hybridized carbons (Fsp3) is 0.364. The number of hydrogen-bond donors (Lipinski definition) is 2. The number of rotatable bonds is 6. The summed E-state index contributed by atoms with van der Waals surface area (Å²) < 4.78 is 10.3. The van der Waals surface area contributed by atoms with Gasteiger partial charge in [0.15, 0.2) is 0 Å². The largest absolute Gasteiger partial charge is 0.491 e. The number of anilines is 1. The average molecular weight is 224 g/mol. The van der Waals surface area contributed by atoms with Crippen molar-refractivity contribution in [3.63, 3.8) is 0 Å². The molecule has 1 aromatic rings. The first-order valence-corrected chi connectivity index (χ1v) is 5.00. The summed E-state index contributed by atoms with van der Waals surface area (Å²) in [6.07, 6.45) is 0. The summed E-state index contributed by atoms with van der Waals surface area (Å²) in [6.45, 7) is 2.58. The quantitative estimate of drug-likeness (QED) is 0.557. The Balaban J connectivity index is 2.36. The van der Waals surface area contributed by atoms with Crippen molar-refractivity contribution in [2.75, 3.05) is 25.3 Å². The van der Waals surface area contributed by atoms with Gasteiger partial charge >= 0.3 is 0 Å². The average Bonchev–Trinajstić information content (AvgIpc) is 2.26. The summed E-state index contributed by atoms with van der Waals surface area (Å²) in [5, 5.41) is 2.67. The highest BCUT2D eigenvalue weighted by Crippen LogP contribution is 2.15. The number of amides is 1. The molecule has 5 heteroatoms. The van der Waals surface area contributed by atoms with Crippen LogP contribution in [-0.4, -0.2) is 25.9 Å². The smallest absolute Gasteiger partial charge is 0.221 e. The fourth-order valence-electron chi connectivity index (χ4n) is 1.14. The Labute approximate surface area is 94.5 Å². The molecule has 0 saturated carbocycles. The molecule has 0 atom stereocenters. The lowest BCUT2D eigenvalue weighted by molar-refractivity contribution is -0.114. The van der Waals surface area contributed by atoms with E-state index in [0.717, 1.165) is 11.4 Å². The molecule has 3 N–H and O–H groups in total. The van der Waals surface area contributed by atoms with E-state index < -0.39 is 0 Å². The Bertz CT molecular complexity index is 325. The molecule has 0 bridgehead atoms. The SMILES string of the molecule is CC(=O)Nc1ccc(OCCOCN)cc1. The number of ether oxygens (including phenoxy) is 2. The van der Waals surface area contributed by atoms with Gasteiger partial charge in [0.1, 0.15) is 12.4 Å². The molecule has 1 aromatic carbocycles. The minimum atomic E-state index is -0.0926. The Morgan fingerprint density at radius 1 is 1.31 bits per heavy atom. The summed E-state index contributed by atoms with van der Waals surface area (Å²) >= 11 is 0. The van der Waals surface area contributed by atoms with Crippen LogP contribution in [0.25, 0.3) is 0 Å². The van der Waals surface area contributed by atoms with E-state index in [-0.39, 0.29) is 12.6 Å². The summed E-state index contributed by atoms with van der Waals surface area (Å²) in [4.78, 5) is 10.8. The van der Waals surface area contributed by atoms with Crippen LogP contribution in [0.2, 0.25) is 0 Å². The van der Waals surface area contributed by atoms with Gasteiger partial charge in [-0.25, -0.2) is 0 Å². The van der Waals surface area contributed by atoms with Crippen molar-refractivity contribution in [2.24, 2.45) is 5.73 Å². The minimum Gasteiger partial charge on any atom is -0.491 e. The highest BCUT2D eigenvalue weighted by Gasteiger charge is 1.96. The molecule has 16 heavy (non-hydrogen) atoms. The van der Waals surface area contributed by atoms with E-state index in [1.54, 1.807) is 24.3 Å². The molecule has 1 rings (SSSR count). The first-order valence-electron chi connectivity index (χ1n) is 5.00. The van der Waals surface area contributed by atoms with Crippen molar-refractivity contribution in [3.05, 3.63) is 24.3 Å². The van der Waals surface area contributed by atoms with Crippen LogP contribution in [0.15, 0.2) is 24.3 Å². The van der Waals surface area contributed by atoms with Gasteiger partial charge in [0.2, 0.25) is 5.91 Å². The van der Waals surface area contributed by atoms with Crippen molar-refractivity contribution < 1.29 is 14.3 Å². The summed E-state index contributed by atoms with van der Waals surface area (Å²) in [5.41, 5.74) is 5.90. The maximum Gasteiger partial charge on any atom is 0.221 e. The molecule has 0 aliphatic rings. The zero-order chi connectivity index (χ0) is 11.8. The van der Waals surface area contributed by atoms with Gasteiger partial charge in [-0.15, -0.1) is 0 Å². The van der Waals surface area contributed by atoms with Crippen LogP contribution < -0.4 is 15.8 Å². The molecule has 0 fully saturated rings. The summed E-state index contributed by atoms with van der Waals surface area (Å²) in [6, 6.07) is 7.13. The second-order valence-electron chi connectivity index (χ2n) is 3.13. The molecular formula is C11H16N2O3. The van der Waals surface area contributed by atoms with Gasteiger partial charge in [-0.3, -0.25) is 4.79 Å². The van der Waals surface area contributed by atoms with E-state index >= 15 is 0 Å². The third-order valence-electron chi connectivity index (χ3n) is 1.79. The van der Waals surface area contributed by atoms with Gasteiger partial charge in [0.05, 0.1) is 13.3 Å². The highest BCUT2D eigenvalue weighted by molar-refractivity contribution is 5.88. The number of carbonyl (C=O) groups is 1. The van der Waals surface area contributed by atoms with Crippen LogP contribution in [0, 0.1) is 0 Å². The first-order chi connectivity index (χ1) is 7.72. The van der Waals surface area contributed by atoms with Gasteiger partial charge in [0, 0.05) is 12.6 Å². The Morgan fingerprint density at radius 2 is 2.00 bits per heavy atom. The Kier molecular flexibility index (Phi) is 5.31. The summed E-state index contributed by atoms with van der Waals surface area (Å²) in [5.74, 6) is 0.639. The number of carbonyl (C=O) groups excluding carboxylic acids is 1. The molecule has 0 radical (unpaired) electrons. The lowest BCUT2D eigenvalue weighted by atomic mass is 10.3. The van der Waals surface area contributed by atoms with Crippen LogP contribution in [0.5, 0.6) is 5.75 Å². The predicted molar refractivity (Wildman–Crippen MR) is 61.2 cm³/mol. The molecule has 0 saturated heterocycles. The van der Waals surface area contributed by atoms with E-state index in [1.807, 2.05) is 0 Å². The monoisotopic (exact) mass is 224 g/mol. The number of benzene rings is 1. The van der Waals surface area contributed by atoms with E-state index in [9.17, 15) is 4.79 Å². The Hall–Kier alpha value is -1.59. The normalized spacial score (nSPS) is 9.88. The molecule has 0 spiro atoms. The molecule has 0 aliphatic heterocycles. The van der Waals surface area contributed by atoms with Crippen molar-refractivity contribution >= 4 is 11.6 Å². The van der Waals surface area contributed by atoms with Crippen LogP contribution >= 0.6 is 0 Å². The van der Waals surface area contributed by atoms with Crippen molar-refractivity contribution in [2.45, 2.75) is 6.92 Å². The van der Waals surface area contributed by atoms with E-state index in [0.29, 0.717) is 13.2 Å². The zero-order valence-corrected chi connectivity index (χ0v) is 9.23. The third kappa shape index (κ3) is 4.77. The highest BCUT2D eigenvalue weighted by atomic mass is 16.5. The van der Waals surface area contributed by atoms with Crippen molar-refractivity contribution in [3.8, 4) is 5.75 Å². The van der Waals surface area contributed by atoms with Gasteiger partial charge in [-0.2, -0.15) is 0 Å². The fourth-order valence-corrected chi connectivity index (χ4v) is 1.14. The Morgan fingerprint density at radius 3 is 2.56 bits per heavy atom. The maximum atomic E-state index is 10.8. The second-order valence-corrected chi connectivity index (χ2v) is 3.13. The van der Waals surface area contributed by atoms with Crippen LogP contribution in [0.4, 0.5) is 5.69 Å². The van der Waals surface area contributed by atoms with Crippen LogP contribution in [0.1, 0.15) is 6.92 Å². The standard InChI is InChI=1S/C11H16N2O3/c1-9(14)13-10-2-4-11(5-3-10)16-7-6-15-8-12/h2-5H,6-8,12H2,1H3,(H,13,14). The predicted octanol–water partition coefficient (Wildman–Crippen LogP) is 0.957. The number of hydrogen-bond acceptors (Lipinski definition) is 4. The van der Waals surface area contributed by atoms with Crippen molar-refractivity contribution in [1.29, 1.82) is 0 Å².